The number of pyridine rings is 1. The summed E-state index contributed by atoms with van der Waals surface area (Å²) in [6.07, 6.45) is 13.7. The van der Waals surface area contributed by atoms with Gasteiger partial charge in [0.05, 0.1) is 16.6 Å². The van der Waals surface area contributed by atoms with Crippen LogP contribution in [0.1, 0.15) is 32.1 Å². The molecule has 0 radical (unpaired) electrons. The van der Waals surface area contributed by atoms with E-state index < -0.39 is 0 Å². The second-order valence-corrected chi connectivity index (χ2v) is 8.48. The number of thiazole rings is 1. The lowest BCUT2D eigenvalue weighted by molar-refractivity contribution is 0.141. The number of nitrogens with zero attached hydrogens (tertiary/aromatic N) is 6. The van der Waals surface area contributed by atoms with Crippen LogP contribution in [0.5, 0.6) is 0 Å². The van der Waals surface area contributed by atoms with Crippen molar-refractivity contribution in [3.8, 4) is 11.3 Å². The van der Waals surface area contributed by atoms with Gasteiger partial charge in [0, 0.05) is 37.1 Å². The molecule has 2 aliphatic rings. The average Bonchev–Trinajstić information content (AvgIpc) is 3.18. The molecule has 0 amide bonds. The van der Waals surface area contributed by atoms with Gasteiger partial charge >= 0.3 is 0 Å². The Morgan fingerprint density at radius 2 is 1.70 bits per heavy atom. The highest BCUT2D eigenvalue weighted by Gasteiger charge is 2.26. The van der Waals surface area contributed by atoms with Gasteiger partial charge in [-0.3, -0.25) is 4.98 Å². The Kier molecular flexibility index (Phi) is 4.71. The Bertz CT molecular complexity index is 897. The maximum Gasteiger partial charge on any atom is 0.186 e. The highest BCUT2D eigenvalue weighted by Crippen LogP contribution is 2.33. The van der Waals surface area contributed by atoms with Gasteiger partial charge in [-0.05, 0) is 44.8 Å². The van der Waals surface area contributed by atoms with Crippen molar-refractivity contribution in [2.45, 2.75) is 38.1 Å². The Morgan fingerprint density at radius 3 is 2.48 bits per heavy atom. The maximum atomic E-state index is 4.85. The summed E-state index contributed by atoms with van der Waals surface area (Å²) in [5.41, 5.74) is 2.83. The molecule has 0 aliphatic carbocycles. The number of anilines is 1. The Morgan fingerprint density at radius 1 is 0.926 bits per heavy atom. The predicted octanol–water partition coefficient (Wildman–Crippen LogP) is 3.60. The third kappa shape index (κ3) is 3.53. The van der Waals surface area contributed by atoms with Gasteiger partial charge in [-0.2, -0.15) is 0 Å². The van der Waals surface area contributed by atoms with E-state index in [1.807, 2.05) is 6.20 Å². The van der Waals surface area contributed by atoms with E-state index in [0.717, 1.165) is 41.0 Å². The summed E-state index contributed by atoms with van der Waals surface area (Å²) < 4.78 is 1.18. The van der Waals surface area contributed by atoms with Crippen molar-refractivity contribution < 1.29 is 0 Å². The number of hydrogen-bond acceptors (Lipinski definition) is 7. The van der Waals surface area contributed by atoms with Gasteiger partial charge in [0.2, 0.25) is 0 Å². The molecule has 6 nitrogen and oxygen atoms in total. The smallest absolute Gasteiger partial charge is 0.186 e. The van der Waals surface area contributed by atoms with Crippen molar-refractivity contribution in [1.82, 2.24) is 24.8 Å². The zero-order chi connectivity index (χ0) is 18.1. The second kappa shape index (κ2) is 7.48. The highest BCUT2D eigenvalue weighted by atomic mass is 32.1. The van der Waals surface area contributed by atoms with Crippen molar-refractivity contribution in [2.24, 2.45) is 0 Å². The van der Waals surface area contributed by atoms with E-state index in [0.29, 0.717) is 0 Å². The van der Waals surface area contributed by atoms with E-state index in [-0.39, 0.29) is 0 Å². The summed E-state index contributed by atoms with van der Waals surface area (Å²) in [6.45, 7) is 4.80. The topological polar surface area (TPSA) is 58.0 Å². The molecule has 0 unspecified atom stereocenters. The van der Waals surface area contributed by atoms with E-state index in [1.54, 1.807) is 30.1 Å². The summed E-state index contributed by atoms with van der Waals surface area (Å²) in [7, 11) is 0. The molecule has 3 aromatic heterocycles. The molecule has 2 saturated heterocycles. The number of likely N-dealkylation sites (tertiary alicyclic amines) is 1. The second-order valence-electron chi connectivity index (χ2n) is 7.48. The van der Waals surface area contributed by atoms with Crippen molar-refractivity contribution >= 4 is 26.7 Å². The molecule has 0 spiro atoms. The summed E-state index contributed by atoms with van der Waals surface area (Å²) in [5, 5.41) is 1.13. The minimum atomic E-state index is 0.766. The molecule has 5 heterocycles. The van der Waals surface area contributed by atoms with Gasteiger partial charge in [-0.1, -0.05) is 17.8 Å². The van der Waals surface area contributed by atoms with Gasteiger partial charge in [0.15, 0.2) is 5.13 Å². The molecule has 140 valence electrons. The molecule has 0 bridgehead atoms. The van der Waals surface area contributed by atoms with Crippen LogP contribution in [0.3, 0.4) is 0 Å². The fraction of sp³-hybridized carbons (Fsp3) is 0.500. The van der Waals surface area contributed by atoms with E-state index in [1.165, 1.54) is 49.9 Å². The normalized spacial score (nSPS) is 19.6. The van der Waals surface area contributed by atoms with Gasteiger partial charge in [-0.15, -0.1) is 0 Å². The lowest BCUT2D eigenvalue weighted by Gasteiger charge is -2.40. The summed E-state index contributed by atoms with van der Waals surface area (Å²) in [6, 6.07) is 2.87. The van der Waals surface area contributed by atoms with Gasteiger partial charge in [0.25, 0.3) is 0 Å². The number of aromatic nitrogens is 4. The van der Waals surface area contributed by atoms with Crippen molar-refractivity contribution in [2.75, 3.05) is 31.1 Å². The molecule has 0 saturated carbocycles. The monoisotopic (exact) mass is 380 g/mol. The van der Waals surface area contributed by atoms with Gasteiger partial charge in [-0.25, -0.2) is 15.0 Å². The van der Waals surface area contributed by atoms with Crippen LogP contribution in [-0.2, 0) is 0 Å². The van der Waals surface area contributed by atoms with Crippen molar-refractivity contribution in [1.29, 1.82) is 0 Å². The Labute approximate surface area is 163 Å². The number of hydrogen-bond donors (Lipinski definition) is 0. The largest absolute Gasteiger partial charge is 0.348 e. The average molecular weight is 381 g/mol. The Hall–Kier alpha value is -2.12. The van der Waals surface area contributed by atoms with E-state index in [2.05, 4.69) is 30.8 Å². The first-order chi connectivity index (χ1) is 13.4. The maximum absolute atomic E-state index is 4.85. The SMILES string of the molecule is c1ncc(-c2cc3sc(N4CCC(N5CCCCC5)CC4)nc3cn2)cn1. The summed E-state index contributed by atoms with van der Waals surface area (Å²) in [4.78, 5) is 22.7. The van der Waals surface area contributed by atoms with Crippen LogP contribution in [0.4, 0.5) is 5.13 Å². The first-order valence-corrected chi connectivity index (χ1v) is 10.7. The molecule has 2 fully saturated rings. The molecular formula is C20H24N6S. The lowest BCUT2D eigenvalue weighted by atomic mass is 10.0. The quantitative estimate of drug-likeness (QED) is 0.692. The summed E-state index contributed by atoms with van der Waals surface area (Å²) in [5.74, 6) is 0. The first-order valence-electron chi connectivity index (χ1n) is 9.88. The minimum absolute atomic E-state index is 0.766. The molecule has 7 heteroatoms. The predicted molar refractivity (Wildman–Crippen MR) is 109 cm³/mol. The standard InChI is InChI=1S/C20H24N6S/c1-2-6-25(7-3-1)16-4-8-26(9-5-16)20-24-18-13-23-17(10-19(18)27-20)15-11-21-14-22-12-15/h10-14,16H,1-9H2. The molecule has 27 heavy (non-hydrogen) atoms. The van der Waals surface area contributed by atoms with E-state index >= 15 is 0 Å². The first kappa shape index (κ1) is 17.0. The minimum Gasteiger partial charge on any atom is -0.348 e. The number of piperidine rings is 2. The molecule has 0 atom stereocenters. The van der Waals surface area contributed by atoms with Crippen molar-refractivity contribution in [3.05, 3.63) is 31.0 Å². The molecule has 3 aromatic rings. The third-order valence-electron chi connectivity index (χ3n) is 5.76. The zero-order valence-corrected chi connectivity index (χ0v) is 16.2. The van der Waals surface area contributed by atoms with Gasteiger partial charge < -0.3 is 9.80 Å². The number of fused-ring (bicyclic) bond motifs is 1. The van der Waals surface area contributed by atoms with Crippen LogP contribution in [0.2, 0.25) is 0 Å². The van der Waals surface area contributed by atoms with E-state index in [9.17, 15) is 0 Å². The summed E-state index contributed by atoms with van der Waals surface area (Å²) >= 11 is 1.77. The third-order valence-corrected chi connectivity index (χ3v) is 6.84. The Balaban J connectivity index is 1.31. The van der Waals surface area contributed by atoms with Crippen molar-refractivity contribution in [3.63, 3.8) is 0 Å². The van der Waals surface area contributed by atoms with Crippen LogP contribution >= 0.6 is 11.3 Å². The fourth-order valence-corrected chi connectivity index (χ4v) is 5.28. The van der Waals surface area contributed by atoms with E-state index in [4.69, 9.17) is 4.98 Å². The van der Waals surface area contributed by atoms with Gasteiger partial charge in [0.1, 0.15) is 11.8 Å². The molecular weight excluding hydrogens is 356 g/mol. The lowest BCUT2D eigenvalue weighted by Crippen LogP contribution is -2.46. The molecule has 0 aromatic carbocycles. The molecule has 2 aliphatic heterocycles. The van der Waals surface area contributed by atoms with Crippen LogP contribution in [0.15, 0.2) is 31.0 Å². The number of rotatable bonds is 3. The zero-order valence-electron chi connectivity index (χ0n) is 15.4. The highest BCUT2D eigenvalue weighted by molar-refractivity contribution is 7.22. The fourth-order valence-electron chi connectivity index (χ4n) is 4.25. The van der Waals surface area contributed by atoms with Crippen LogP contribution in [0, 0.1) is 0 Å². The van der Waals surface area contributed by atoms with Crippen LogP contribution in [0.25, 0.3) is 21.5 Å². The molecule has 5 rings (SSSR count). The molecule has 0 N–H and O–H groups in total. The van der Waals surface area contributed by atoms with Crippen LogP contribution < -0.4 is 4.90 Å². The van der Waals surface area contributed by atoms with Crippen LogP contribution in [-0.4, -0.2) is 57.1 Å².